The van der Waals surface area contributed by atoms with E-state index in [1.165, 1.54) is 6.33 Å². The highest BCUT2D eigenvalue weighted by Crippen LogP contribution is 2.18. The molecule has 98 valence electrons. The first-order valence-electron chi connectivity index (χ1n) is 5.71. The van der Waals surface area contributed by atoms with Crippen LogP contribution in [0.2, 0.25) is 0 Å². The summed E-state index contributed by atoms with van der Waals surface area (Å²) >= 11 is 0. The second-order valence-electron chi connectivity index (χ2n) is 4.35. The summed E-state index contributed by atoms with van der Waals surface area (Å²) in [6.07, 6.45) is 1.54. The maximum Gasteiger partial charge on any atom is 0.161 e. The predicted octanol–water partition coefficient (Wildman–Crippen LogP) is 1.80. The van der Waals surface area contributed by atoms with Crippen LogP contribution in [0.25, 0.3) is 11.0 Å². The lowest BCUT2D eigenvalue weighted by molar-refractivity contribution is 0.510. The second-order valence-corrected chi connectivity index (χ2v) is 4.35. The highest BCUT2D eigenvalue weighted by atomic mass is 19.2. The van der Waals surface area contributed by atoms with Gasteiger partial charge in [0.15, 0.2) is 17.5 Å². The molecule has 19 heavy (non-hydrogen) atoms. The molecule has 2 aromatic heterocycles. The van der Waals surface area contributed by atoms with Crippen LogP contribution in [0.5, 0.6) is 0 Å². The maximum atomic E-state index is 13.3. The van der Waals surface area contributed by atoms with Crippen molar-refractivity contribution in [2.75, 3.05) is 0 Å². The molecule has 0 saturated carbocycles. The Morgan fingerprint density at radius 1 is 1.16 bits per heavy atom. The van der Waals surface area contributed by atoms with E-state index in [0.29, 0.717) is 17.6 Å². The molecular weight excluding hydrogens is 252 g/mol. The van der Waals surface area contributed by atoms with Gasteiger partial charge in [0.05, 0.1) is 23.9 Å². The molecule has 0 aliphatic carbocycles. The number of imidazole rings is 1. The zero-order valence-electron chi connectivity index (χ0n) is 10.4. The van der Waals surface area contributed by atoms with Gasteiger partial charge in [0.25, 0.3) is 0 Å². The van der Waals surface area contributed by atoms with E-state index in [-0.39, 0.29) is 0 Å². The second kappa shape index (κ2) is 4.11. The molecule has 0 spiro atoms. The van der Waals surface area contributed by atoms with Gasteiger partial charge in [-0.25, -0.2) is 13.8 Å². The first kappa shape index (κ1) is 11.8. The molecule has 0 aliphatic rings. The van der Waals surface area contributed by atoms with Crippen LogP contribution in [0.1, 0.15) is 11.6 Å². The predicted molar refractivity (Wildman–Crippen MR) is 64.5 cm³/mol. The first-order valence-corrected chi connectivity index (χ1v) is 5.71. The number of halogens is 2. The van der Waals surface area contributed by atoms with Crippen LogP contribution in [0.4, 0.5) is 8.78 Å². The van der Waals surface area contributed by atoms with Crippen LogP contribution in [-0.4, -0.2) is 24.3 Å². The fraction of sp³-hybridized carbons (Fsp3) is 0.250. The van der Waals surface area contributed by atoms with Gasteiger partial charge >= 0.3 is 0 Å². The Morgan fingerprint density at radius 2 is 1.89 bits per heavy atom. The molecule has 0 bridgehead atoms. The highest BCUT2D eigenvalue weighted by Gasteiger charge is 2.11. The minimum Gasteiger partial charge on any atom is -0.323 e. The Hall–Kier alpha value is -2.31. The summed E-state index contributed by atoms with van der Waals surface area (Å²) in [7, 11) is 1.85. The molecule has 2 heterocycles. The summed E-state index contributed by atoms with van der Waals surface area (Å²) in [4.78, 5) is 4.05. The van der Waals surface area contributed by atoms with E-state index in [4.69, 9.17) is 0 Å². The molecule has 0 N–H and O–H groups in total. The van der Waals surface area contributed by atoms with Gasteiger partial charge in [-0.05, 0) is 6.92 Å². The normalized spacial score (nSPS) is 11.4. The topological polar surface area (TPSA) is 48.5 Å². The lowest BCUT2D eigenvalue weighted by Crippen LogP contribution is -2.06. The van der Waals surface area contributed by atoms with Crippen molar-refractivity contribution in [1.29, 1.82) is 0 Å². The van der Waals surface area contributed by atoms with Gasteiger partial charge < -0.3 is 9.13 Å². The number of aromatic nitrogens is 5. The molecule has 1 aromatic carbocycles. The van der Waals surface area contributed by atoms with Crippen molar-refractivity contribution < 1.29 is 8.78 Å². The Morgan fingerprint density at radius 3 is 2.58 bits per heavy atom. The molecule has 3 aromatic rings. The van der Waals surface area contributed by atoms with E-state index in [0.717, 1.165) is 23.8 Å². The third kappa shape index (κ3) is 1.87. The number of benzene rings is 1. The Labute approximate surface area is 107 Å². The van der Waals surface area contributed by atoms with Crippen molar-refractivity contribution in [2.45, 2.75) is 13.5 Å². The summed E-state index contributed by atoms with van der Waals surface area (Å²) < 4.78 is 29.9. The van der Waals surface area contributed by atoms with Gasteiger partial charge in [-0.15, -0.1) is 10.2 Å². The van der Waals surface area contributed by atoms with E-state index in [9.17, 15) is 8.78 Å². The highest BCUT2D eigenvalue weighted by molar-refractivity contribution is 5.75. The van der Waals surface area contributed by atoms with Crippen LogP contribution in [0.15, 0.2) is 18.5 Å². The smallest absolute Gasteiger partial charge is 0.161 e. The molecule has 7 heteroatoms. The van der Waals surface area contributed by atoms with E-state index >= 15 is 0 Å². The third-order valence-electron chi connectivity index (χ3n) is 3.16. The molecule has 0 amide bonds. The summed E-state index contributed by atoms with van der Waals surface area (Å²) in [5.41, 5.74) is 0.942. The zero-order chi connectivity index (χ0) is 13.6. The number of rotatable bonds is 2. The molecule has 3 rings (SSSR count). The third-order valence-corrected chi connectivity index (χ3v) is 3.16. The van der Waals surface area contributed by atoms with Crippen LogP contribution < -0.4 is 0 Å². The van der Waals surface area contributed by atoms with Crippen LogP contribution in [-0.2, 0) is 13.6 Å². The van der Waals surface area contributed by atoms with Gasteiger partial charge in [0.1, 0.15) is 5.82 Å². The van der Waals surface area contributed by atoms with Crippen molar-refractivity contribution in [1.82, 2.24) is 24.3 Å². The summed E-state index contributed by atoms with van der Waals surface area (Å²) in [6, 6.07) is 2.23. The number of nitrogens with zero attached hydrogens (tertiary/aromatic N) is 5. The van der Waals surface area contributed by atoms with Crippen LogP contribution in [0.3, 0.4) is 0 Å². The minimum absolute atomic E-state index is 0.402. The molecular formula is C12H11F2N5. The minimum atomic E-state index is -0.896. The molecule has 0 unspecified atom stereocenters. The average molecular weight is 263 g/mol. The quantitative estimate of drug-likeness (QED) is 0.708. The van der Waals surface area contributed by atoms with Crippen molar-refractivity contribution in [3.63, 3.8) is 0 Å². The van der Waals surface area contributed by atoms with Gasteiger partial charge in [0.2, 0.25) is 0 Å². The molecule has 0 radical (unpaired) electrons. The van der Waals surface area contributed by atoms with Crippen molar-refractivity contribution >= 4 is 11.0 Å². The first-order chi connectivity index (χ1) is 9.06. The lowest BCUT2D eigenvalue weighted by Gasteiger charge is -2.04. The largest absolute Gasteiger partial charge is 0.323 e. The number of aryl methyl sites for hydroxylation is 1. The van der Waals surface area contributed by atoms with E-state index < -0.39 is 11.6 Å². The molecule has 0 saturated heterocycles. The fourth-order valence-electron chi connectivity index (χ4n) is 1.92. The summed E-state index contributed by atoms with van der Waals surface area (Å²) in [5, 5.41) is 7.99. The van der Waals surface area contributed by atoms with Gasteiger partial charge in [-0.2, -0.15) is 0 Å². The van der Waals surface area contributed by atoms with Crippen molar-refractivity contribution in [3.8, 4) is 0 Å². The van der Waals surface area contributed by atoms with E-state index in [2.05, 4.69) is 15.2 Å². The number of fused-ring (bicyclic) bond motifs is 1. The lowest BCUT2D eigenvalue weighted by atomic mass is 10.3. The zero-order valence-corrected chi connectivity index (χ0v) is 10.4. The van der Waals surface area contributed by atoms with Gasteiger partial charge in [-0.3, -0.25) is 0 Å². The van der Waals surface area contributed by atoms with Crippen molar-refractivity contribution in [2.24, 2.45) is 7.05 Å². The number of hydrogen-bond donors (Lipinski definition) is 0. The average Bonchev–Trinajstić information content (AvgIpc) is 2.89. The van der Waals surface area contributed by atoms with Crippen LogP contribution in [0, 0.1) is 18.6 Å². The van der Waals surface area contributed by atoms with Gasteiger partial charge in [0, 0.05) is 19.2 Å². The Kier molecular flexibility index (Phi) is 2.55. The molecule has 0 atom stereocenters. The molecule has 5 nitrogen and oxygen atoms in total. The van der Waals surface area contributed by atoms with E-state index in [1.54, 1.807) is 4.57 Å². The van der Waals surface area contributed by atoms with Crippen molar-refractivity contribution in [3.05, 3.63) is 41.7 Å². The standard InChI is InChI=1S/C12H11F2N5/c1-7-16-17-12(18(7)2)5-19-6-15-10-3-8(13)9(14)4-11(10)19/h3-4,6H,5H2,1-2H3. The summed E-state index contributed by atoms with van der Waals surface area (Å²) in [5.74, 6) is -0.270. The fourth-order valence-corrected chi connectivity index (χ4v) is 1.92. The summed E-state index contributed by atoms with van der Waals surface area (Å²) in [6.45, 7) is 2.25. The molecule has 0 fully saturated rings. The SMILES string of the molecule is Cc1nnc(Cn2cnc3cc(F)c(F)cc32)n1C. The van der Waals surface area contributed by atoms with Crippen LogP contribution >= 0.6 is 0 Å². The Balaban J connectivity index is 2.06. The van der Waals surface area contributed by atoms with Gasteiger partial charge in [-0.1, -0.05) is 0 Å². The monoisotopic (exact) mass is 263 g/mol. The molecule has 0 aliphatic heterocycles. The Bertz CT molecular complexity index is 759. The number of hydrogen-bond acceptors (Lipinski definition) is 3. The maximum absolute atomic E-state index is 13.3. The van der Waals surface area contributed by atoms with E-state index in [1.807, 2.05) is 18.5 Å².